The largest absolute Gasteiger partial charge is 0.326 e. The Labute approximate surface area is 160 Å². The van der Waals surface area contributed by atoms with Gasteiger partial charge >= 0.3 is 0 Å². The van der Waals surface area contributed by atoms with E-state index in [9.17, 15) is 9.59 Å². The van der Waals surface area contributed by atoms with Gasteiger partial charge in [-0.05, 0) is 42.0 Å². The van der Waals surface area contributed by atoms with Crippen molar-refractivity contribution in [3.05, 3.63) is 71.8 Å². The first-order chi connectivity index (χ1) is 13.0. The van der Waals surface area contributed by atoms with Gasteiger partial charge in [0.15, 0.2) is 0 Å². The van der Waals surface area contributed by atoms with Crippen LogP contribution in [-0.4, -0.2) is 26.6 Å². The molecule has 0 atom stereocenters. The van der Waals surface area contributed by atoms with E-state index in [1.54, 1.807) is 48.5 Å². The summed E-state index contributed by atoms with van der Waals surface area (Å²) in [4.78, 5) is 27.2. The minimum absolute atomic E-state index is 0.137. The zero-order valence-corrected chi connectivity index (χ0v) is 15.1. The second-order valence-electron chi connectivity index (χ2n) is 5.63. The molecular formula is C19H16ClN5O2. The normalized spacial score (nSPS) is 10.7. The maximum absolute atomic E-state index is 12.3. The molecule has 2 amide bonds. The van der Waals surface area contributed by atoms with Gasteiger partial charge in [-0.3, -0.25) is 9.59 Å². The Morgan fingerprint density at radius 2 is 1.89 bits per heavy atom. The van der Waals surface area contributed by atoms with Crippen LogP contribution in [0.4, 0.5) is 11.4 Å². The second-order valence-corrected chi connectivity index (χ2v) is 6.06. The summed E-state index contributed by atoms with van der Waals surface area (Å²) in [5.41, 5.74) is 2.68. The smallest absolute Gasteiger partial charge is 0.248 e. The van der Waals surface area contributed by atoms with Gasteiger partial charge in [0.1, 0.15) is 12.7 Å². The lowest BCUT2D eigenvalue weighted by Crippen LogP contribution is -2.11. The molecule has 0 bridgehead atoms. The van der Waals surface area contributed by atoms with Crippen LogP contribution in [0.3, 0.4) is 0 Å². The molecule has 0 saturated heterocycles. The standard InChI is InChI=1S/C19H16ClN5O2/c1-13(26)23-16-6-2-14(3-7-16)4-9-19(27)24-17-10-15(20)5-8-18(17)25-12-21-11-22-25/h2-12H,1H3,(H,23,26)(H,24,27)/b9-4+. The monoisotopic (exact) mass is 381 g/mol. The molecule has 0 unspecified atom stereocenters. The molecule has 0 saturated carbocycles. The number of hydrogen-bond donors (Lipinski definition) is 2. The maximum atomic E-state index is 12.3. The molecule has 0 aliphatic carbocycles. The van der Waals surface area contributed by atoms with Crippen molar-refractivity contribution in [1.82, 2.24) is 14.8 Å². The van der Waals surface area contributed by atoms with Crippen LogP contribution in [0.1, 0.15) is 12.5 Å². The molecule has 1 heterocycles. The van der Waals surface area contributed by atoms with Gasteiger partial charge in [-0.1, -0.05) is 23.7 Å². The summed E-state index contributed by atoms with van der Waals surface area (Å²) in [5, 5.41) is 10.0. The van der Waals surface area contributed by atoms with Gasteiger partial charge in [-0.25, -0.2) is 9.67 Å². The SMILES string of the molecule is CC(=O)Nc1ccc(/C=C/C(=O)Nc2cc(Cl)ccc2-n2cncn2)cc1. The summed E-state index contributed by atoms with van der Waals surface area (Å²) < 4.78 is 1.54. The summed E-state index contributed by atoms with van der Waals surface area (Å²) in [6.07, 6.45) is 6.03. The predicted octanol–water partition coefficient (Wildman–Crippen LogP) is 3.53. The number of benzene rings is 2. The minimum Gasteiger partial charge on any atom is -0.326 e. The van der Waals surface area contributed by atoms with Crippen molar-refractivity contribution in [2.45, 2.75) is 6.92 Å². The van der Waals surface area contributed by atoms with Crippen molar-refractivity contribution in [3.8, 4) is 5.69 Å². The Hall–Kier alpha value is -3.45. The molecule has 0 aliphatic heterocycles. The van der Waals surface area contributed by atoms with Crippen molar-refractivity contribution in [3.63, 3.8) is 0 Å². The van der Waals surface area contributed by atoms with Gasteiger partial charge in [-0.2, -0.15) is 5.10 Å². The molecule has 2 N–H and O–H groups in total. The van der Waals surface area contributed by atoms with Crippen molar-refractivity contribution < 1.29 is 9.59 Å². The summed E-state index contributed by atoms with van der Waals surface area (Å²) in [6.45, 7) is 1.45. The maximum Gasteiger partial charge on any atom is 0.248 e. The highest BCUT2D eigenvalue weighted by atomic mass is 35.5. The first-order valence-electron chi connectivity index (χ1n) is 8.02. The predicted molar refractivity (Wildman–Crippen MR) is 105 cm³/mol. The van der Waals surface area contributed by atoms with E-state index in [1.807, 2.05) is 0 Å². The Kier molecular flexibility index (Phi) is 5.63. The van der Waals surface area contributed by atoms with E-state index < -0.39 is 0 Å². The highest BCUT2D eigenvalue weighted by Gasteiger charge is 2.08. The molecule has 3 rings (SSSR count). The number of nitrogens with zero attached hydrogens (tertiary/aromatic N) is 3. The van der Waals surface area contributed by atoms with E-state index in [-0.39, 0.29) is 11.8 Å². The molecule has 0 aliphatic rings. The molecule has 1 aromatic heterocycles. The van der Waals surface area contributed by atoms with Crippen LogP contribution in [0.25, 0.3) is 11.8 Å². The van der Waals surface area contributed by atoms with Gasteiger partial charge in [-0.15, -0.1) is 0 Å². The number of halogens is 1. The second kappa shape index (κ2) is 8.29. The molecule has 2 aromatic carbocycles. The fraction of sp³-hybridized carbons (Fsp3) is 0.0526. The number of carbonyl (C=O) groups excluding carboxylic acids is 2. The molecule has 27 heavy (non-hydrogen) atoms. The minimum atomic E-state index is -0.315. The fourth-order valence-corrected chi connectivity index (χ4v) is 2.54. The average molecular weight is 382 g/mol. The van der Waals surface area contributed by atoms with Crippen LogP contribution >= 0.6 is 11.6 Å². The molecular weight excluding hydrogens is 366 g/mol. The molecule has 136 valence electrons. The van der Waals surface area contributed by atoms with Crippen LogP contribution in [0.15, 0.2) is 61.2 Å². The molecule has 0 radical (unpaired) electrons. The third kappa shape index (κ3) is 5.02. The van der Waals surface area contributed by atoms with Crippen LogP contribution in [0.5, 0.6) is 0 Å². The fourth-order valence-electron chi connectivity index (χ4n) is 2.37. The lowest BCUT2D eigenvalue weighted by molar-refractivity contribution is -0.114. The Balaban J connectivity index is 1.72. The zero-order chi connectivity index (χ0) is 19.2. The average Bonchev–Trinajstić information content (AvgIpc) is 3.15. The third-order valence-electron chi connectivity index (χ3n) is 3.54. The third-order valence-corrected chi connectivity index (χ3v) is 3.78. The summed E-state index contributed by atoms with van der Waals surface area (Å²) in [6, 6.07) is 12.2. The van der Waals surface area contributed by atoms with E-state index >= 15 is 0 Å². The van der Waals surface area contributed by atoms with E-state index in [0.717, 1.165) is 5.56 Å². The zero-order valence-electron chi connectivity index (χ0n) is 14.4. The number of aromatic nitrogens is 3. The van der Waals surface area contributed by atoms with Crippen molar-refractivity contribution in [2.24, 2.45) is 0 Å². The Morgan fingerprint density at radius 1 is 1.11 bits per heavy atom. The number of rotatable bonds is 5. The van der Waals surface area contributed by atoms with Crippen LogP contribution < -0.4 is 10.6 Å². The Bertz CT molecular complexity index is 982. The van der Waals surface area contributed by atoms with Crippen LogP contribution in [-0.2, 0) is 9.59 Å². The highest BCUT2D eigenvalue weighted by Crippen LogP contribution is 2.24. The number of amides is 2. The number of nitrogens with one attached hydrogen (secondary N) is 2. The van der Waals surface area contributed by atoms with E-state index in [4.69, 9.17) is 11.6 Å². The molecule has 8 heteroatoms. The highest BCUT2D eigenvalue weighted by molar-refractivity contribution is 6.31. The van der Waals surface area contributed by atoms with Gasteiger partial charge in [0.25, 0.3) is 0 Å². The molecule has 3 aromatic rings. The quantitative estimate of drug-likeness (QED) is 0.661. The lowest BCUT2D eigenvalue weighted by Gasteiger charge is -2.10. The van der Waals surface area contributed by atoms with E-state index in [2.05, 4.69) is 20.7 Å². The molecule has 0 spiro atoms. The number of hydrogen-bond acceptors (Lipinski definition) is 4. The van der Waals surface area contributed by atoms with Gasteiger partial charge in [0, 0.05) is 23.7 Å². The first kappa shape index (κ1) is 18.3. The molecule has 7 nitrogen and oxygen atoms in total. The number of anilines is 2. The van der Waals surface area contributed by atoms with E-state index in [1.165, 1.54) is 30.3 Å². The van der Waals surface area contributed by atoms with Crippen LogP contribution in [0.2, 0.25) is 5.02 Å². The van der Waals surface area contributed by atoms with Crippen molar-refractivity contribution >= 4 is 40.9 Å². The number of carbonyl (C=O) groups is 2. The van der Waals surface area contributed by atoms with Crippen LogP contribution in [0, 0.1) is 0 Å². The lowest BCUT2D eigenvalue weighted by atomic mass is 10.2. The van der Waals surface area contributed by atoms with E-state index in [0.29, 0.717) is 22.1 Å². The van der Waals surface area contributed by atoms with Gasteiger partial charge in [0.2, 0.25) is 11.8 Å². The van der Waals surface area contributed by atoms with Crippen molar-refractivity contribution in [1.29, 1.82) is 0 Å². The van der Waals surface area contributed by atoms with Gasteiger partial charge < -0.3 is 10.6 Å². The summed E-state index contributed by atoms with van der Waals surface area (Å²) in [7, 11) is 0. The topological polar surface area (TPSA) is 88.9 Å². The first-order valence-corrected chi connectivity index (χ1v) is 8.40. The van der Waals surface area contributed by atoms with Gasteiger partial charge in [0.05, 0.1) is 11.4 Å². The summed E-state index contributed by atoms with van der Waals surface area (Å²) in [5.74, 6) is -0.452. The van der Waals surface area contributed by atoms with Crippen molar-refractivity contribution in [2.75, 3.05) is 10.6 Å². The molecule has 0 fully saturated rings. The Morgan fingerprint density at radius 3 is 2.56 bits per heavy atom. The summed E-state index contributed by atoms with van der Waals surface area (Å²) >= 11 is 6.04.